The van der Waals surface area contributed by atoms with E-state index in [1.165, 1.54) is 0 Å². The minimum Gasteiger partial charge on any atom is -0.466 e. The lowest BCUT2D eigenvalue weighted by Crippen LogP contribution is -2.47. The highest BCUT2D eigenvalue weighted by molar-refractivity contribution is 8.76. The van der Waals surface area contributed by atoms with Gasteiger partial charge in [-0.25, -0.2) is 0 Å². The van der Waals surface area contributed by atoms with E-state index in [0.717, 1.165) is 154 Å². The summed E-state index contributed by atoms with van der Waals surface area (Å²) in [5.74, 6) is 1.12. The second kappa shape index (κ2) is 53.0. The SMILES string of the molecule is CCCCOC(=O)CCCCCCC(O)CN(CCCC(=O)OCCN1CCN(CCSSCCCCN(CC(O)CCCCC(=O)OC(C)C)CC(O)CCCCC(=O)OC(C)C)CC1)CC(O)CCCCCCC(=O)OCCCC. The highest BCUT2D eigenvalue weighted by Gasteiger charge is 2.21. The van der Waals surface area contributed by atoms with Gasteiger partial charge >= 0.3 is 29.8 Å². The Morgan fingerprint density at radius 3 is 1.17 bits per heavy atom. The van der Waals surface area contributed by atoms with Gasteiger partial charge in [-0.3, -0.25) is 43.6 Å². The molecule has 1 heterocycles. The molecule has 1 fully saturated rings. The molecule has 0 saturated carbocycles. The second-order valence-corrected chi connectivity index (χ2v) is 25.8. The van der Waals surface area contributed by atoms with Crippen molar-refractivity contribution < 1.29 is 68.1 Å². The average molecular weight is 1210 g/mol. The molecule has 4 atom stereocenters. The first-order chi connectivity index (χ1) is 39.5. The molecular formula is C62H118N4O14S2. The van der Waals surface area contributed by atoms with Crippen molar-refractivity contribution >= 4 is 51.4 Å². The quantitative estimate of drug-likeness (QED) is 0.0192. The van der Waals surface area contributed by atoms with Crippen molar-refractivity contribution in [1.82, 2.24) is 19.6 Å². The fourth-order valence-corrected chi connectivity index (χ4v) is 11.8. The van der Waals surface area contributed by atoms with Crippen molar-refractivity contribution in [2.45, 2.75) is 258 Å². The Kier molecular flexibility index (Phi) is 50.3. The van der Waals surface area contributed by atoms with E-state index in [2.05, 4.69) is 33.4 Å². The summed E-state index contributed by atoms with van der Waals surface area (Å²) in [6.07, 6.45) is 17.7. The number of rotatable bonds is 56. The number of aliphatic hydroxyl groups excluding tert-OH is 4. The standard InChI is InChI=1S/C62H118N4O14S2/c1-7-9-43-76-58(71)30-17-13-11-15-26-54(67)50-66(51-55(68)27-16-12-14-18-31-59(72)77-44-10-8-2)36-25-34-60(73)78-45-41-63-37-39-64(40-38-63)42-47-82-81-46-24-23-35-65(48-56(69)28-19-21-32-61(74)79-52(3)4)49-57(70)29-20-22-33-62(75)80-53(5)6/h52-57,67-70H,7-51H2,1-6H3. The molecule has 0 aromatic rings. The lowest BCUT2D eigenvalue weighted by Gasteiger charge is -2.34. The molecule has 1 aliphatic rings. The Bertz CT molecular complexity index is 1500. The molecule has 0 aliphatic carbocycles. The Balaban J connectivity index is 2.42. The van der Waals surface area contributed by atoms with Gasteiger partial charge in [0, 0.05) is 109 Å². The fourth-order valence-electron chi connectivity index (χ4n) is 9.65. The van der Waals surface area contributed by atoms with E-state index in [9.17, 15) is 44.4 Å². The molecule has 18 nitrogen and oxygen atoms in total. The lowest BCUT2D eigenvalue weighted by atomic mass is 10.1. The van der Waals surface area contributed by atoms with Crippen LogP contribution < -0.4 is 0 Å². The highest BCUT2D eigenvalue weighted by Crippen LogP contribution is 2.23. The summed E-state index contributed by atoms with van der Waals surface area (Å²) in [5, 5.41) is 43.8. The molecule has 482 valence electrons. The van der Waals surface area contributed by atoms with Crippen LogP contribution in [0, 0.1) is 0 Å². The first kappa shape index (κ1) is 77.7. The van der Waals surface area contributed by atoms with Crippen LogP contribution >= 0.6 is 21.6 Å². The van der Waals surface area contributed by atoms with Crippen LogP contribution in [0.2, 0.25) is 0 Å². The highest BCUT2D eigenvalue weighted by atomic mass is 33.1. The first-order valence-electron chi connectivity index (χ1n) is 32.2. The van der Waals surface area contributed by atoms with Gasteiger partial charge in [0.2, 0.25) is 0 Å². The molecule has 0 radical (unpaired) electrons. The molecule has 0 spiro atoms. The van der Waals surface area contributed by atoms with Crippen molar-refractivity contribution in [3.05, 3.63) is 0 Å². The van der Waals surface area contributed by atoms with E-state index in [4.69, 9.17) is 23.7 Å². The Morgan fingerprint density at radius 2 is 0.744 bits per heavy atom. The zero-order chi connectivity index (χ0) is 60.4. The average Bonchev–Trinajstić information content (AvgIpc) is 3.42. The predicted octanol–water partition coefficient (Wildman–Crippen LogP) is 9.53. The lowest BCUT2D eigenvalue weighted by molar-refractivity contribution is -0.148. The van der Waals surface area contributed by atoms with Gasteiger partial charge in [-0.1, -0.05) is 99.6 Å². The van der Waals surface area contributed by atoms with E-state index in [1.54, 1.807) is 0 Å². The monoisotopic (exact) mass is 1210 g/mol. The topological polar surface area (TPSA) is 225 Å². The molecular weight excluding hydrogens is 1090 g/mol. The van der Waals surface area contributed by atoms with Crippen LogP contribution in [0.15, 0.2) is 0 Å². The van der Waals surface area contributed by atoms with Crippen LogP contribution in [0.5, 0.6) is 0 Å². The van der Waals surface area contributed by atoms with Crippen molar-refractivity contribution in [1.29, 1.82) is 0 Å². The summed E-state index contributed by atoms with van der Waals surface area (Å²) in [7, 11) is 3.79. The number of nitrogens with zero attached hydrogens (tertiary/aromatic N) is 4. The third kappa shape index (κ3) is 48.9. The van der Waals surface area contributed by atoms with E-state index in [0.29, 0.717) is 130 Å². The van der Waals surface area contributed by atoms with Crippen molar-refractivity contribution in [2.75, 3.05) is 110 Å². The molecule has 1 aliphatic heterocycles. The van der Waals surface area contributed by atoms with Gasteiger partial charge in [0.25, 0.3) is 0 Å². The van der Waals surface area contributed by atoms with Crippen molar-refractivity contribution in [2.24, 2.45) is 0 Å². The molecule has 0 aromatic carbocycles. The van der Waals surface area contributed by atoms with Crippen LogP contribution in [0.3, 0.4) is 0 Å². The fraction of sp³-hybridized carbons (Fsp3) is 0.919. The Morgan fingerprint density at radius 1 is 0.402 bits per heavy atom. The van der Waals surface area contributed by atoms with E-state index < -0.39 is 24.4 Å². The number of piperazine rings is 1. The smallest absolute Gasteiger partial charge is 0.306 e. The van der Waals surface area contributed by atoms with Gasteiger partial charge in [-0.15, -0.1) is 0 Å². The van der Waals surface area contributed by atoms with Crippen molar-refractivity contribution in [3.8, 4) is 0 Å². The molecule has 0 bridgehead atoms. The zero-order valence-corrected chi connectivity index (χ0v) is 53.9. The number of hydrogen-bond donors (Lipinski definition) is 4. The summed E-state index contributed by atoms with van der Waals surface area (Å²) in [5.41, 5.74) is 0. The summed E-state index contributed by atoms with van der Waals surface area (Å²) in [4.78, 5) is 69.6. The van der Waals surface area contributed by atoms with Crippen LogP contribution in [0.25, 0.3) is 0 Å². The maximum absolute atomic E-state index is 12.9. The first-order valence-corrected chi connectivity index (χ1v) is 34.7. The number of esters is 5. The molecule has 4 N–H and O–H groups in total. The van der Waals surface area contributed by atoms with Crippen LogP contribution in [0.4, 0.5) is 0 Å². The van der Waals surface area contributed by atoms with Gasteiger partial charge in [-0.2, -0.15) is 0 Å². The van der Waals surface area contributed by atoms with Crippen LogP contribution in [-0.2, 0) is 47.7 Å². The summed E-state index contributed by atoms with van der Waals surface area (Å²) in [6.45, 7) is 21.4. The van der Waals surface area contributed by atoms with Gasteiger partial charge in [-0.05, 0) is 124 Å². The third-order valence-corrected chi connectivity index (χ3v) is 16.8. The van der Waals surface area contributed by atoms with Gasteiger partial charge in [0.05, 0.1) is 49.8 Å². The minimum atomic E-state index is -0.564. The van der Waals surface area contributed by atoms with Crippen molar-refractivity contribution in [3.63, 3.8) is 0 Å². The summed E-state index contributed by atoms with van der Waals surface area (Å²) >= 11 is 0. The minimum absolute atomic E-state index is 0.135. The largest absolute Gasteiger partial charge is 0.466 e. The maximum Gasteiger partial charge on any atom is 0.306 e. The van der Waals surface area contributed by atoms with Gasteiger partial charge < -0.3 is 44.1 Å². The second-order valence-electron chi connectivity index (χ2n) is 23.1. The Hall–Kier alpha value is -2.27. The van der Waals surface area contributed by atoms with E-state index >= 15 is 0 Å². The molecule has 20 heteroatoms. The number of carbonyl (C=O) groups is 5. The summed E-state index contributed by atoms with van der Waals surface area (Å²) in [6, 6.07) is 0. The molecule has 0 amide bonds. The maximum atomic E-state index is 12.9. The number of carbonyl (C=O) groups excluding carboxylic acids is 5. The van der Waals surface area contributed by atoms with E-state index in [1.807, 2.05) is 49.3 Å². The number of aliphatic hydroxyl groups is 4. The molecule has 1 rings (SSSR count). The van der Waals surface area contributed by atoms with E-state index in [-0.39, 0.29) is 48.5 Å². The molecule has 4 unspecified atom stereocenters. The number of ether oxygens (including phenoxy) is 5. The zero-order valence-electron chi connectivity index (χ0n) is 52.3. The third-order valence-electron chi connectivity index (χ3n) is 14.3. The van der Waals surface area contributed by atoms with Crippen LogP contribution in [0.1, 0.15) is 221 Å². The summed E-state index contributed by atoms with van der Waals surface area (Å²) < 4.78 is 26.6. The van der Waals surface area contributed by atoms with Crippen LogP contribution in [-0.4, -0.2) is 216 Å². The molecule has 1 saturated heterocycles. The molecule has 0 aromatic heterocycles. The number of hydrogen-bond acceptors (Lipinski definition) is 20. The van der Waals surface area contributed by atoms with Gasteiger partial charge in [0.1, 0.15) is 6.61 Å². The predicted molar refractivity (Wildman–Crippen MR) is 331 cm³/mol. The molecule has 82 heavy (non-hydrogen) atoms. The van der Waals surface area contributed by atoms with Gasteiger partial charge in [0.15, 0.2) is 0 Å². The Labute approximate surface area is 504 Å². The normalized spacial score (nSPS) is 14.8. The number of unbranched alkanes of at least 4 members (excludes halogenated alkanes) is 11.